The average molecular weight is 279 g/mol. The van der Waals surface area contributed by atoms with Crippen LogP contribution in [0.4, 0.5) is 0 Å². The number of hydrogen-bond acceptors (Lipinski definition) is 5. The third-order valence-corrected chi connectivity index (χ3v) is 4.42. The Morgan fingerprint density at radius 1 is 1.50 bits per heavy atom. The summed E-state index contributed by atoms with van der Waals surface area (Å²) in [7, 11) is 0. The van der Waals surface area contributed by atoms with Crippen LogP contribution in [0.15, 0.2) is 4.52 Å². The number of carboxylic acid groups (broad SMARTS) is 1. The molecular formula is C14H21N3O3. The summed E-state index contributed by atoms with van der Waals surface area (Å²) in [6.45, 7) is 4.84. The maximum atomic E-state index is 11.2. The van der Waals surface area contributed by atoms with E-state index in [1.165, 1.54) is 0 Å². The first-order chi connectivity index (χ1) is 9.54. The first kappa shape index (κ1) is 13.5. The molecule has 0 radical (unpaired) electrons. The van der Waals surface area contributed by atoms with Gasteiger partial charge in [-0.15, -0.1) is 0 Å². The van der Waals surface area contributed by atoms with Crippen LogP contribution < -0.4 is 0 Å². The zero-order valence-corrected chi connectivity index (χ0v) is 12.0. The molecule has 1 aromatic heterocycles. The van der Waals surface area contributed by atoms with E-state index < -0.39 is 5.97 Å². The number of fused-ring (bicyclic) bond motifs is 2. The van der Waals surface area contributed by atoms with Gasteiger partial charge in [0.25, 0.3) is 0 Å². The second kappa shape index (κ2) is 5.16. The van der Waals surface area contributed by atoms with Gasteiger partial charge in [0.05, 0.1) is 12.5 Å². The predicted octanol–water partition coefficient (Wildman–Crippen LogP) is 1.71. The van der Waals surface area contributed by atoms with Crippen molar-refractivity contribution in [2.24, 2.45) is 11.8 Å². The summed E-state index contributed by atoms with van der Waals surface area (Å²) in [4.78, 5) is 17.9. The number of aromatic nitrogens is 2. The summed E-state index contributed by atoms with van der Waals surface area (Å²) in [5, 5.41) is 13.3. The summed E-state index contributed by atoms with van der Waals surface area (Å²) in [6, 6.07) is 0.512. The molecule has 0 spiro atoms. The Hall–Kier alpha value is -1.43. The molecule has 6 nitrogen and oxygen atoms in total. The van der Waals surface area contributed by atoms with Crippen molar-refractivity contribution >= 4 is 5.97 Å². The second-order valence-corrected chi connectivity index (χ2v) is 6.35. The topological polar surface area (TPSA) is 79.5 Å². The lowest BCUT2D eigenvalue weighted by molar-refractivity contribution is -0.142. The highest BCUT2D eigenvalue weighted by atomic mass is 16.5. The zero-order chi connectivity index (χ0) is 14.3. The normalized spacial score (nSPS) is 29.4. The van der Waals surface area contributed by atoms with Gasteiger partial charge in [0.2, 0.25) is 5.89 Å². The molecule has 2 saturated heterocycles. The molecular weight excluding hydrogens is 258 g/mol. The fourth-order valence-corrected chi connectivity index (χ4v) is 3.56. The Kier molecular flexibility index (Phi) is 3.50. The lowest BCUT2D eigenvalue weighted by atomic mass is 9.89. The fourth-order valence-electron chi connectivity index (χ4n) is 3.56. The first-order valence-electron chi connectivity index (χ1n) is 7.34. The van der Waals surface area contributed by atoms with Crippen molar-refractivity contribution in [2.75, 3.05) is 0 Å². The number of carbonyl (C=O) groups is 1. The summed E-state index contributed by atoms with van der Waals surface area (Å²) >= 11 is 0. The van der Waals surface area contributed by atoms with E-state index in [0.717, 1.165) is 25.7 Å². The summed E-state index contributed by atoms with van der Waals surface area (Å²) in [6.07, 6.45) is 3.61. The summed E-state index contributed by atoms with van der Waals surface area (Å²) in [5.74, 6) is 0.953. The van der Waals surface area contributed by atoms with Crippen molar-refractivity contribution in [2.45, 2.75) is 58.2 Å². The van der Waals surface area contributed by atoms with Gasteiger partial charge < -0.3 is 9.63 Å². The van der Waals surface area contributed by atoms with Gasteiger partial charge in [0.15, 0.2) is 5.82 Å². The molecule has 3 unspecified atom stereocenters. The monoisotopic (exact) mass is 279 g/mol. The maximum Gasteiger partial charge on any atom is 0.308 e. The Labute approximate surface area is 118 Å². The summed E-state index contributed by atoms with van der Waals surface area (Å²) in [5.41, 5.74) is 0. The second-order valence-electron chi connectivity index (χ2n) is 6.35. The Morgan fingerprint density at radius 3 is 2.95 bits per heavy atom. The van der Waals surface area contributed by atoms with Gasteiger partial charge in [-0.05, 0) is 25.2 Å². The van der Waals surface area contributed by atoms with Crippen LogP contribution in [0.1, 0.15) is 44.8 Å². The standard InChI is InChI=1S/C14H21N3O3/c1-8(2)5-13-15-12(16-20-13)7-17-9-3-4-11(17)10(6-9)14(18)19/h8-11H,3-7H2,1-2H3,(H,18,19). The SMILES string of the molecule is CC(C)Cc1nc(CN2C3CCC2C(C(=O)O)C3)no1. The van der Waals surface area contributed by atoms with Crippen LogP contribution in [-0.4, -0.2) is 38.2 Å². The molecule has 3 rings (SSSR count). The molecule has 1 N–H and O–H groups in total. The molecule has 3 heterocycles. The van der Waals surface area contributed by atoms with Gasteiger partial charge >= 0.3 is 5.97 Å². The van der Waals surface area contributed by atoms with Crippen molar-refractivity contribution in [3.63, 3.8) is 0 Å². The Bertz CT molecular complexity index is 500. The highest BCUT2D eigenvalue weighted by Crippen LogP contribution is 2.42. The smallest absolute Gasteiger partial charge is 0.308 e. The van der Waals surface area contributed by atoms with Crippen LogP contribution in [-0.2, 0) is 17.8 Å². The van der Waals surface area contributed by atoms with E-state index in [1.807, 2.05) is 0 Å². The van der Waals surface area contributed by atoms with E-state index in [-0.39, 0.29) is 12.0 Å². The van der Waals surface area contributed by atoms with Crippen LogP contribution >= 0.6 is 0 Å². The van der Waals surface area contributed by atoms with Gasteiger partial charge in [-0.1, -0.05) is 19.0 Å². The molecule has 2 aliphatic rings. The van der Waals surface area contributed by atoms with Gasteiger partial charge in [0.1, 0.15) is 0 Å². The molecule has 6 heteroatoms. The quantitative estimate of drug-likeness (QED) is 0.883. The fraction of sp³-hybridized carbons (Fsp3) is 0.786. The number of carboxylic acids is 1. The van der Waals surface area contributed by atoms with Crippen molar-refractivity contribution in [1.82, 2.24) is 15.0 Å². The lowest BCUT2D eigenvalue weighted by Gasteiger charge is -2.20. The third-order valence-electron chi connectivity index (χ3n) is 4.42. The molecule has 0 aromatic carbocycles. The average Bonchev–Trinajstić information content (AvgIpc) is 3.05. The molecule has 20 heavy (non-hydrogen) atoms. The van der Waals surface area contributed by atoms with Gasteiger partial charge in [0, 0.05) is 18.5 Å². The first-order valence-corrected chi connectivity index (χ1v) is 7.34. The van der Waals surface area contributed by atoms with E-state index in [9.17, 15) is 9.90 Å². The minimum atomic E-state index is -0.671. The molecule has 2 aliphatic heterocycles. The van der Waals surface area contributed by atoms with Crippen molar-refractivity contribution in [1.29, 1.82) is 0 Å². The van der Waals surface area contributed by atoms with E-state index in [2.05, 4.69) is 28.9 Å². The number of rotatable bonds is 5. The number of nitrogens with zero attached hydrogens (tertiary/aromatic N) is 3. The zero-order valence-electron chi connectivity index (χ0n) is 12.0. The van der Waals surface area contributed by atoms with Crippen molar-refractivity contribution < 1.29 is 14.4 Å². The van der Waals surface area contributed by atoms with E-state index in [1.54, 1.807) is 0 Å². The Morgan fingerprint density at radius 2 is 2.30 bits per heavy atom. The molecule has 2 bridgehead atoms. The molecule has 0 saturated carbocycles. The van der Waals surface area contributed by atoms with E-state index in [0.29, 0.717) is 30.2 Å². The van der Waals surface area contributed by atoms with Crippen LogP contribution in [0.25, 0.3) is 0 Å². The van der Waals surface area contributed by atoms with Crippen molar-refractivity contribution in [3.8, 4) is 0 Å². The third kappa shape index (κ3) is 2.44. The van der Waals surface area contributed by atoms with Gasteiger partial charge in [-0.25, -0.2) is 0 Å². The van der Waals surface area contributed by atoms with Crippen LogP contribution in [0.5, 0.6) is 0 Å². The van der Waals surface area contributed by atoms with E-state index in [4.69, 9.17) is 4.52 Å². The van der Waals surface area contributed by atoms with Gasteiger partial charge in [-0.2, -0.15) is 4.98 Å². The van der Waals surface area contributed by atoms with E-state index >= 15 is 0 Å². The van der Waals surface area contributed by atoms with Gasteiger partial charge in [-0.3, -0.25) is 9.69 Å². The highest BCUT2D eigenvalue weighted by Gasteiger charge is 2.49. The minimum Gasteiger partial charge on any atom is -0.481 e. The van der Waals surface area contributed by atoms with Crippen LogP contribution in [0.3, 0.4) is 0 Å². The molecule has 1 aromatic rings. The minimum absolute atomic E-state index is 0.143. The van der Waals surface area contributed by atoms with Crippen LogP contribution in [0, 0.1) is 11.8 Å². The molecule has 0 aliphatic carbocycles. The Balaban J connectivity index is 1.66. The molecule has 110 valence electrons. The van der Waals surface area contributed by atoms with Crippen molar-refractivity contribution in [3.05, 3.63) is 11.7 Å². The number of hydrogen-bond donors (Lipinski definition) is 1. The predicted molar refractivity (Wildman–Crippen MR) is 70.9 cm³/mol. The highest BCUT2D eigenvalue weighted by molar-refractivity contribution is 5.71. The molecule has 0 amide bonds. The largest absolute Gasteiger partial charge is 0.481 e. The maximum absolute atomic E-state index is 11.2. The molecule has 2 fully saturated rings. The lowest BCUT2D eigenvalue weighted by Crippen LogP contribution is -2.32. The number of aliphatic carboxylic acids is 1. The molecule has 3 atom stereocenters. The van der Waals surface area contributed by atoms with Crippen LogP contribution in [0.2, 0.25) is 0 Å². The summed E-state index contributed by atoms with van der Waals surface area (Å²) < 4.78 is 5.25.